The van der Waals surface area contributed by atoms with Gasteiger partial charge in [-0.2, -0.15) is 0 Å². The van der Waals surface area contributed by atoms with Crippen molar-refractivity contribution in [3.63, 3.8) is 0 Å². The van der Waals surface area contributed by atoms with E-state index in [9.17, 15) is 14.4 Å². The molecule has 9 heteroatoms. The maximum absolute atomic E-state index is 12.6. The van der Waals surface area contributed by atoms with Crippen LogP contribution >= 0.6 is 22.9 Å². The minimum atomic E-state index is -0.687. The maximum atomic E-state index is 12.6. The van der Waals surface area contributed by atoms with Gasteiger partial charge in [0.2, 0.25) is 0 Å². The van der Waals surface area contributed by atoms with Gasteiger partial charge in [-0.1, -0.05) is 29.8 Å². The molecule has 3 rings (SSSR count). The summed E-state index contributed by atoms with van der Waals surface area (Å²) in [5.74, 6) is -1.29. The minimum Gasteiger partial charge on any atom is -0.482 e. The van der Waals surface area contributed by atoms with Crippen molar-refractivity contribution in [2.75, 3.05) is 25.1 Å². The largest absolute Gasteiger partial charge is 0.482 e. The second-order valence-corrected chi connectivity index (χ2v) is 8.72. The van der Waals surface area contributed by atoms with Crippen LogP contribution in [0.4, 0.5) is 5.00 Å². The molecule has 0 spiro atoms. The zero-order chi connectivity index (χ0) is 24.7. The predicted octanol–water partition coefficient (Wildman–Crippen LogP) is 5.42. The number of aryl methyl sites for hydroxylation is 2. The zero-order valence-corrected chi connectivity index (χ0v) is 20.5. The van der Waals surface area contributed by atoms with E-state index in [1.165, 1.54) is 11.3 Å². The van der Waals surface area contributed by atoms with Crippen molar-refractivity contribution < 1.29 is 28.6 Å². The van der Waals surface area contributed by atoms with E-state index in [1.807, 2.05) is 19.9 Å². The summed E-state index contributed by atoms with van der Waals surface area (Å²) in [5.41, 5.74) is 3.60. The van der Waals surface area contributed by atoms with E-state index < -0.39 is 24.5 Å². The van der Waals surface area contributed by atoms with Gasteiger partial charge in [-0.15, -0.1) is 11.3 Å². The molecule has 1 heterocycles. The second kappa shape index (κ2) is 11.7. The van der Waals surface area contributed by atoms with Crippen LogP contribution in [-0.4, -0.2) is 37.7 Å². The molecule has 1 aromatic heterocycles. The molecular formula is C25H24ClNO6S. The van der Waals surface area contributed by atoms with Crippen LogP contribution in [0, 0.1) is 13.8 Å². The highest BCUT2D eigenvalue weighted by Gasteiger charge is 2.23. The highest BCUT2D eigenvalue weighted by Crippen LogP contribution is 2.36. The van der Waals surface area contributed by atoms with Crippen molar-refractivity contribution in [1.29, 1.82) is 0 Å². The van der Waals surface area contributed by atoms with E-state index in [0.717, 1.165) is 16.7 Å². The molecule has 0 aliphatic heterocycles. The van der Waals surface area contributed by atoms with Crippen molar-refractivity contribution in [3.05, 3.63) is 69.6 Å². The van der Waals surface area contributed by atoms with Crippen LogP contribution < -0.4 is 10.1 Å². The van der Waals surface area contributed by atoms with Crippen molar-refractivity contribution in [1.82, 2.24) is 0 Å². The van der Waals surface area contributed by atoms with Crippen LogP contribution in [0.15, 0.2) is 47.8 Å². The molecule has 0 radical (unpaired) electrons. The Balaban J connectivity index is 1.62. The Morgan fingerprint density at radius 2 is 1.65 bits per heavy atom. The standard InChI is InChI=1S/C25H24ClNO6S/c1-4-31-25(30)23-20(17-5-7-18(26)8-6-17)14-34-24(23)27-21(28)12-33-22(29)13-32-19-10-15(2)9-16(3)11-19/h5-11,14H,4,12-13H2,1-3H3,(H,27,28). The van der Waals surface area contributed by atoms with E-state index in [2.05, 4.69) is 5.32 Å². The number of carbonyl (C=O) groups is 3. The zero-order valence-electron chi connectivity index (χ0n) is 19.0. The SMILES string of the molecule is CCOC(=O)c1c(-c2ccc(Cl)cc2)csc1NC(=O)COC(=O)COc1cc(C)cc(C)c1. The third-order valence-electron chi connectivity index (χ3n) is 4.59. The smallest absolute Gasteiger partial charge is 0.344 e. The fourth-order valence-electron chi connectivity index (χ4n) is 3.21. The van der Waals surface area contributed by atoms with Crippen LogP contribution in [0.5, 0.6) is 5.75 Å². The quantitative estimate of drug-likeness (QED) is 0.393. The fourth-order valence-corrected chi connectivity index (χ4v) is 4.31. The van der Waals surface area contributed by atoms with E-state index in [0.29, 0.717) is 21.3 Å². The summed E-state index contributed by atoms with van der Waals surface area (Å²) >= 11 is 7.13. The van der Waals surface area contributed by atoms with Crippen molar-refractivity contribution in [2.24, 2.45) is 0 Å². The van der Waals surface area contributed by atoms with Gasteiger partial charge < -0.3 is 19.5 Å². The number of benzene rings is 2. The number of ether oxygens (including phenoxy) is 3. The normalized spacial score (nSPS) is 10.5. The lowest BCUT2D eigenvalue weighted by molar-refractivity contribution is -0.149. The van der Waals surface area contributed by atoms with Crippen LogP contribution in [0.1, 0.15) is 28.4 Å². The Hall–Kier alpha value is -3.36. The molecule has 1 N–H and O–H groups in total. The molecule has 0 saturated heterocycles. The summed E-state index contributed by atoms with van der Waals surface area (Å²) in [4.78, 5) is 37.0. The summed E-state index contributed by atoms with van der Waals surface area (Å²) in [6.45, 7) is 4.88. The molecule has 7 nitrogen and oxygen atoms in total. The molecular weight excluding hydrogens is 478 g/mol. The lowest BCUT2D eigenvalue weighted by Gasteiger charge is -2.10. The van der Waals surface area contributed by atoms with Crippen LogP contribution in [0.3, 0.4) is 0 Å². The summed E-state index contributed by atoms with van der Waals surface area (Å²) in [6, 6.07) is 12.6. The number of esters is 2. The molecule has 34 heavy (non-hydrogen) atoms. The van der Waals surface area contributed by atoms with E-state index >= 15 is 0 Å². The number of anilines is 1. The van der Waals surface area contributed by atoms with Gasteiger partial charge in [0.15, 0.2) is 13.2 Å². The van der Waals surface area contributed by atoms with E-state index in [4.69, 9.17) is 25.8 Å². The molecule has 0 aliphatic rings. The highest BCUT2D eigenvalue weighted by atomic mass is 35.5. The van der Waals surface area contributed by atoms with Crippen LogP contribution in [-0.2, 0) is 19.1 Å². The molecule has 1 amide bonds. The van der Waals surface area contributed by atoms with Gasteiger partial charge in [-0.05, 0) is 61.7 Å². The van der Waals surface area contributed by atoms with E-state index in [-0.39, 0.29) is 18.8 Å². The summed E-state index contributed by atoms with van der Waals surface area (Å²) in [5, 5.41) is 5.24. The summed E-state index contributed by atoms with van der Waals surface area (Å²) in [6.07, 6.45) is 0. The number of halogens is 1. The fraction of sp³-hybridized carbons (Fsp3) is 0.240. The molecule has 3 aromatic rings. The van der Waals surface area contributed by atoms with Gasteiger partial charge in [0, 0.05) is 16.0 Å². The molecule has 0 aliphatic carbocycles. The molecule has 0 bridgehead atoms. The van der Waals surface area contributed by atoms with Crippen molar-refractivity contribution >= 4 is 45.8 Å². The van der Waals surface area contributed by atoms with Gasteiger partial charge in [0.05, 0.1) is 6.61 Å². The molecule has 0 unspecified atom stereocenters. The lowest BCUT2D eigenvalue weighted by Crippen LogP contribution is -2.24. The van der Waals surface area contributed by atoms with Gasteiger partial charge in [0.25, 0.3) is 5.91 Å². The summed E-state index contributed by atoms with van der Waals surface area (Å²) in [7, 11) is 0. The molecule has 2 aromatic carbocycles. The molecule has 0 saturated carbocycles. The van der Waals surface area contributed by atoms with E-state index in [1.54, 1.807) is 48.7 Å². The summed E-state index contributed by atoms with van der Waals surface area (Å²) < 4.78 is 15.6. The Morgan fingerprint density at radius 1 is 0.971 bits per heavy atom. The Bertz CT molecular complexity index is 1170. The van der Waals surface area contributed by atoms with Gasteiger partial charge in [-0.3, -0.25) is 4.79 Å². The topological polar surface area (TPSA) is 90.9 Å². The number of amides is 1. The number of carbonyl (C=O) groups excluding carboxylic acids is 3. The minimum absolute atomic E-state index is 0.181. The number of thiophene rings is 1. The number of hydrogen-bond donors (Lipinski definition) is 1. The van der Waals surface area contributed by atoms with Gasteiger partial charge in [0.1, 0.15) is 16.3 Å². The highest BCUT2D eigenvalue weighted by molar-refractivity contribution is 7.15. The third kappa shape index (κ3) is 6.82. The van der Waals surface area contributed by atoms with Crippen LogP contribution in [0.25, 0.3) is 11.1 Å². The van der Waals surface area contributed by atoms with Crippen LogP contribution in [0.2, 0.25) is 5.02 Å². The second-order valence-electron chi connectivity index (χ2n) is 7.40. The molecule has 0 fully saturated rings. The number of nitrogens with one attached hydrogen (secondary N) is 1. The first-order valence-corrected chi connectivity index (χ1v) is 11.7. The molecule has 0 atom stereocenters. The van der Waals surface area contributed by atoms with Gasteiger partial charge in [-0.25, -0.2) is 9.59 Å². The lowest BCUT2D eigenvalue weighted by atomic mass is 10.0. The first kappa shape index (κ1) is 25.3. The Labute approximate surface area is 206 Å². The number of hydrogen-bond acceptors (Lipinski definition) is 7. The molecule has 178 valence electrons. The predicted molar refractivity (Wildman–Crippen MR) is 132 cm³/mol. The first-order chi connectivity index (χ1) is 16.3. The maximum Gasteiger partial charge on any atom is 0.344 e. The number of rotatable bonds is 9. The monoisotopic (exact) mass is 501 g/mol. The average Bonchev–Trinajstić information content (AvgIpc) is 3.20. The van der Waals surface area contributed by atoms with Gasteiger partial charge >= 0.3 is 11.9 Å². The Kier molecular flexibility index (Phi) is 8.67. The van der Waals surface area contributed by atoms with Crippen molar-refractivity contribution in [3.8, 4) is 16.9 Å². The third-order valence-corrected chi connectivity index (χ3v) is 5.74. The Morgan fingerprint density at radius 3 is 2.29 bits per heavy atom. The first-order valence-electron chi connectivity index (χ1n) is 10.5. The van der Waals surface area contributed by atoms with Crippen molar-refractivity contribution in [2.45, 2.75) is 20.8 Å². The average molecular weight is 502 g/mol.